The molecule has 0 spiro atoms. The minimum Gasteiger partial charge on any atom is -0.465 e. The van der Waals surface area contributed by atoms with Crippen LogP contribution >= 0.6 is 0 Å². The van der Waals surface area contributed by atoms with Gasteiger partial charge >= 0.3 is 5.97 Å². The van der Waals surface area contributed by atoms with Gasteiger partial charge in [0.25, 0.3) is 0 Å². The number of carbonyl (C=O) groups excluding carboxylic acids is 2. The fourth-order valence-electron chi connectivity index (χ4n) is 2.84. The van der Waals surface area contributed by atoms with E-state index < -0.39 is 0 Å². The number of nitrogens with zero attached hydrogens (tertiary/aromatic N) is 1. The summed E-state index contributed by atoms with van der Waals surface area (Å²) in [6.07, 6.45) is 0.860. The molecule has 7 nitrogen and oxygen atoms in total. The molecule has 1 aliphatic rings. The van der Waals surface area contributed by atoms with Gasteiger partial charge in [0.2, 0.25) is 5.91 Å². The zero-order chi connectivity index (χ0) is 16.8. The Bertz CT molecular complexity index is 576. The van der Waals surface area contributed by atoms with Crippen molar-refractivity contribution < 1.29 is 19.5 Å². The first-order valence-electron chi connectivity index (χ1n) is 7.62. The number of fused-ring (bicyclic) bond motifs is 1. The summed E-state index contributed by atoms with van der Waals surface area (Å²) in [6.45, 7) is 4.22. The molecule has 1 heterocycles. The largest absolute Gasteiger partial charge is 0.465 e. The topological polar surface area (TPSA) is 90.9 Å². The lowest BCUT2D eigenvalue weighted by molar-refractivity contribution is -0.122. The maximum atomic E-state index is 11.6. The van der Waals surface area contributed by atoms with Crippen LogP contribution in [-0.4, -0.2) is 54.8 Å². The first-order chi connectivity index (χ1) is 11.0. The Balaban J connectivity index is 1.93. The summed E-state index contributed by atoms with van der Waals surface area (Å²) >= 11 is 0. The Morgan fingerprint density at radius 2 is 2.17 bits per heavy atom. The molecular formula is C16H23N3O4. The molecular weight excluding hydrogens is 298 g/mol. The molecule has 1 aromatic rings. The van der Waals surface area contributed by atoms with Crippen LogP contribution in [0.1, 0.15) is 28.4 Å². The molecule has 1 atom stereocenters. The predicted octanol–water partition coefficient (Wildman–Crippen LogP) is 0.315. The molecule has 1 aliphatic heterocycles. The van der Waals surface area contributed by atoms with E-state index in [1.807, 2.05) is 24.5 Å². The molecule has 0 saturated heterocycles. The molecule has 3 N–H and O–H groups in total. The highest BCUT2D eigenvalue weighted by molar-refractivity contribution is 5.89. The van der Waals surface area contributed by atoms with E-state index in [0.717, 1.165) is 26.1 Å². The number of rotatable bonds is 6. The summed E-state index contributed by atoms with van der Waals surface area (Å²) < 4.78 is 4.75. The number of methoxy groups -OCH3 is 1. The van der Waals surface area contributed by atoms with Gasteiger partial charge in [0.05, 0.1) is 19.2 Å². The number of amides is 1. The number of benzene rings is 1. The number of esters is 1. The van der Waals surface area contributed by atoms with Crippen molar-refractivity contribution in [2.45, 2.75) is 25.9 Å². The fourth-order valence-corrected chi connectivity index (χ4v) is 2.84. The molecule has 0 bridgehead atoms. The van der Waals surface area contributed by atoms with Crippen molar-refractivity contribution in [3.63, 3.8) is 0 Å². The Morgan fingerprint density at radius 3 is 2.87 bits per heavy atom. The second-order valence-electron chi connectivity index (χ2n) is 5.76. The van der Waals surface area contributed by atoms with Crippen LogP contribution in [0.25, 0.3) is 0 Å². The third kappa shape index (κ3) is 4.75. The highest BCUT2D eigenvalue weighted by atomic mass is 16.5. The minimum absolute atomic E-state index is 0.00765. The van der Waals surface area contributed by atoms with E-state index in [9.17, 15) is 9.59 Å². The predicted molar refractivity (Wildman–Crippen MR) is 84.2 cm³/mol. The number of hydrogen-bond donors (Lipinski definition) is 3. The van der Waals surface area contributed by atoms with Crippen LogP contribution in [0, 0.1) is 0 Å². The number of hydroxylamine groups is 1. The lowest BCUT2D eigenvalue weighted by atomic mass is 9.97. The average molecular weight is 321 g/mol. The van der Waals surface area contributed by atoms with Gasteiger partial charge in [-0.15, -0.1) is 0 Å². The zero-order valence-corrected chi connectivity index (χ0v) is 13.5. The molecule has 1 aromatic carbocycles. The number of hydrogen-bond acceptors (Lipinski definition) is 6. The first kappa shape index (κ1) is 17.4. The Kier molecular flexibility index (Phi) is 6.09. The normalized spacial score (nSPS) is 15.6. The lowest BCUT2D eigenvalue weighted by Gasteiger charge is -2.31. The van der Waals surface area contributed by atoms with E-state index >= 15 is 0 Å². The second-order valence-corrected chi connectivity index (χ2v) is 5.76. The van der Waals surface area contributed by atoms with Gasteiger partial charge in [-0.3, -0.25) is 9.69 Å². The van der Waals surface area contributed by atoms with Crippen LogP contribution in [0.3, 0.4) is 0 Å². The lowest BCUT2D eigenvalue weighted by Crippen LogP contribution is -2.45. The SMILES string of the molecule is COC(=O)c1ccc2c(c1)CCN(C[C@H](C)NC(=O)CNO)C2. The van der Waals surface area contributed by atoms with Gasteiger partial charge in [-0.05, 0) is 36.6 Å². The van der Waals surface area contributed by atoms with Crippen LogP contribution in [0.15, 0.2) is 18.2 Å². The smallest absolute Gasteiger partial charge is 0.337 e. The quantitative estimate of drug-likeness (QED) is 0.516. The van der Waals surface area contributed by atoms with Crippen molar-refractivity contribution in [2.24, 2.45) is 0 Å². The molecule has 1 amide bonds. The first-order valence-corrected chi connectivity index (χ1v) is 7.62. The van der Waals surface area contributed by atoms with E-state index in [1.165, 1.54) is 18.2 Å². The Labute approximate surface area is 135 Å². The highest BCUT2D eigenvalue weighted by Crippen LogP contribution is 2.21. The summed E-state index contributed by atoms with van der Waals surface area (Å²) in [6, 6.07) is 5.64. The van der Waals surface area contributed by atoms with E-state index in [-0.39, 0.29) is 24.5 Å². The Hall–Kier alpha value is -1.96. The van der Waals surface area contributed by atoms with Gasteiger partial charge in [-0.2, -0.15) is 5.48 Å². The van der Waals surface area contributed by atoms with Gasteiger partial charge in [0.15, 0.2) is 0 Å². The second kappa shape index (κ2) is 8.05. The van der Waals surface area contributed by atoms with Crippen LogP contribution in [0.4, 0.5) is 0 Å². The molecule has 126 valence electrons. The van der Waals surface area contributed by atoms with Gasteiger partial charge in [0, 0.05) is 25.7 Å². The van der Waals surface area contributed by atoms with Crippen LogP contribution in [0.2, 0.25) is 0 Å². The molecule has 2 rings (SSSR count). The number of nitrogens with one attached hydrogen (secondary N) is 2. The molecule has 0 aromatic heterocycles. The summed E-state index contributed by atoms with van der Waals surface area (Å²) in [5, 5.41) is 11.3. The van der Waals surface area contributed by atoms with Crippen molar-refractivity contribution in [3.05, 3.63) is 34.9 Å². The monoisotopic (exact) mass is 321 g/mol. The van der Waals surface area contributed by atoms with Crippen molar-refractivity contribution in [1.82, 2.24) is 15.7 Å². The zero-order valence-electron chi connectivity index (χ0n) is 13.5. The van der Waals surface area contributed by atoms with Crippen molar-refractivity contribution >= 4 is 11.9 Å². The highest BCUT2D eigenvalue weighted by Gasteiger charge is 2.20. The summed E-state index contributed by atoms with van der Waals surface area (Å²) in [4.78, 5) is 25.3. The van der Waals surface area contributed by atoms with Crippen molar-refractivity contribution in [2.75, 3.05) is 26.7 Å². The molecule has 0 saturated carbocycles. The van der Waals surface area contributed by atoms with E-state index in [1.54, 1.807) is 6.07 Å². The minimum atomic E-state index is -0.316. The average Bonchev–Trinajstić information content (AvgIpc) is 2.53. The van der Waals surface area contributed by atoms with E-state index in [0.29, 0.717) is 5.56 Å². The summed E-state index contributed by atoms with van der Waals surface area (Å²) in [5.41, 5.74) is 4.79. The van der Waals surface area contributed by atoms with Gasteiger partial charge in [-0.25, -0.2) is 4.79 Å². The molecule has 7 heteroatoms. The summed E-state index contributed by atoms with van der Waals surface area (Å²) in [5.74, 6) is -0.552. The molecule has 0 fully saturated rings. The molecule has 0 unspecified atom stereocenters. The maximum absolute atomic E-state index is 11.6. The van der Waals surface area contributed by atoms with Crippen LogP contribution in [-0.2, 0) is 22.5 Å². The van der Waals surface area contributed by atoms with Crippen LogP contribution in [0.5, 0.6) is 0 Å². The van der Waals surface area contributed by atoms with Gasteiger partial charge < -0.3 is 15.3 Å². The standard InChI is InChI=1S/C16H23N3O4/c1-11(18-15(20)8-17-22)9-19-6-5-12-7-13(16(21)23-2)3-4-14(12)10-19/h3-4,7,11,17,22H,5-6,8-10H2,1-2H3,(H,18,20)/t11-/m0/s1. The third-order valence-corrected chi connectivity index (χ3v) is 3.90. The van der Waals surface area contributed by atoms with Gasteiger partial charge in [0.1, 0.15) is 0 Å². The van der Waals surface area contributed by atoms with Crippen LogP contribution < -0.4 is 10.8 Å². The number of ether oxygens (including phenoxy) is 1. The van der Waals surface area contributed by atoms with Crippen molar-refractivity contribution in [3.8, 4) is 0 Å². The molecule has 23 heavy (non-hydrogen) atoms. The van der Waals surface area contributed by atoms with Gasteiger partial charge in [-0.1, -0.05) is 6.07 Å². The third-order valence-electron chi connectivity index (χ3n) is 3.90. The molecule has 0 aliphatic carbocycles. The summed E-state index contributed by atoms with van der Waals surface area (Å²) in [7, 11) is 1.38. The molecule has 0 radical (unpaired) electrons. The number of carbonyl (C=O) groups is 2. The fraction of sp³-hybridized carbons (Fsp3) is 0.500. The van der Waals surface area contributed by atoms with E-state index in [2.05, 4.69) is 10.2 Å². The van der Waals surface area contributed by atoms with E-state index in [4.69, 9.17) is 9.94 Å². The maximum Gasteiger partial charge on any atom is 0.337 e. The van der Waals surface area contributed by atoms with Crippen molar-refractivity contribution in [1.29, 1.82) is 0 Å². The Morgan fingerprint density at radius 1 is 1.39 bits per heavy atom.